The second-order valence-electron chi connectivity index (χ2n) is 3.59. The molecule has 50 valence electrons. The Hall–Kier alpha value is 0.430. The molecule has 0 nitrogen and oxygen atoms in total. The molecule has 0 radical (unpaired) electrons. The summed E-state index contributed by atoms with van der Waals surface area (Å²) in [4.78, 5) is 0. The molecule has 1 unspecified atom stereocenters. The van der Waals surface area contributed by atoms with Crippen LogP contribution in [0.25, 0.3) is 0 Å². The van der Waals surface area contributed by atoms with Crippen LogP contribution in [0.15, 0.2) is 0 Å². The van der Waals surface area contributed by atoms with E-state index >= 15 is 0 Å². The minimum atomic E-state index is 0.439. The van der Waals surface area contributed by atoms with Gasteiger partial charge in [0.1, 0.15) is 0 Å². The van der Waals surface area contributed by atoms with Crippen molar-refractivity contribution >= 4 is 9.24 Å². The third-order valence-electron chi connectivity index (χ3n) is 0.934. The van der Waals surface area contributed by atoms with Crippen molar-refractivity contribution in [1.82, 2.24) is 0 Å². The van der Waals surface area contributed by atoms with Gasteiger partial charge >= 0.3 is 0 Å². The first-order valence-electron chi connectivity index (χ1n) is 3.21. The zero-order valence-electron chi connectivity index (χ0n) is 6.36. The Bertz CT molecular complexity index is 59.3. The molecule has 0 aliphatic heterocycles. The van der Waals surface area contributed by atoms with Crippen molar-refractivity contribution in [3.63, 3.8) is 0 Å². The van der Waals surface area contributed by atoms with Gasteiger partial charge in [-0.25, -0.2) is 0 Å². The van der Waals surface area contributed by atoms with E-state index in [1.165, 1.54) is 6.42 Å². The molecule has 0 aromatic carbocycles. The lowest BCUT2D eigenvalue weighted by Crippen LogP contribution is -2.11. The predicted molar refractivity (Wildman–Crippen MR) is 43.2 cm³/mol. The van der Waals surface area contributed by atoms with Crippen LogP contribution in [0.1, 0.15) is 34.1 Å². The van der Waals surface area contributed by atoms with E-state index in [0.29, 0.717) is 5.16 Å². The summed E-state index contributed by atoms with van der Waals surface area (Å²) >= 11 is 0. The van der Waals surface area contributed by atoms with Crippen LogP contribution in [0, 0.1) is 5.92 Å². The van der Waals surface area contributed by atoms with E-state index in [-0.39, 0.29) is 0 Å². The highest BCUT2D eigenvalue weighted by Crippen LogP contribution is 2.24. The Morgan fingerprint density at radius 3 is 1.75 bits per heavy atom. The highest BCUT2D eigenvalue weighted by Gasteiger charge is 2.11. The summed E-state index contributed by atoms with van der Waals surface area (Å²) in [5.74, 6) is 0.822. The number of rotatable bonds is 2. The summed E-state index contributed by atoms with van der Waals surface area (Å²) in [6.45, 7) is 9.01. The van der Waals surface area contributed by atoms with Crippen LogP contribution in [-0.2, 0) is 0 Å². The fraction of sp³-hybridized carbons (Fsp3) is 1.00. The summed E-state index contributed by atoms with van der Waals surface area (Å²) in [6.07, 6.45) is 1.29. The standard InChI is InChI=1S/C7H17P/c1-6(2)5-7(3,4)8/h6H,5,8H2,1-4H3. The molecular formula is C7H17P. The van der Waals surface area contributed by atoms with Crippen LogP contribution in [-0.4, -0.2) is 5.16 Å². The molecule has 0 N–H and O–H groups in total. The van der Waals surface area contributed by atoms with Gasteiger partial charge in [-0.3, -0.25) is 0 Å². The summed E-state index contributed by atoms with van der Waals surface area (Å²) in [7, 11) is 2.86. The van der Waals surface area contributed by atoms with E-state index < -0.39 is 0 Å². The summed E-state index contributed by atoms with van der Waals surface area (Å²) in [6, 6.07) is 0. The Labute approximate surface area is 55.3 Å². The number of hydrogen-bond donors (Lipinski definition) is 0. The SMILES string of the molecule is CC(C)CC(C)(C)P. The van der Waals surface area contributed by atoms with E-state index in [1.54, 1.807) is 0 Å². The molecule has 0 aliphatic carbocycles. The summed E-state index contributed by atoms with van der Waals surface area (Å²) in [5, 5.41) is 0.439. The van der Waals surface area contributed by atoms with Crippen LogP contribution in [0.5, 0.6) is 0 Å². The Morgan fingerprint density at radius 2 is 1.75 bits per heavy atom. The average molecular weight is 132 g/mol. The third kappa shape index (κ3) is 6.43. The topological polar surface area (TPSA) is 0 Å². The monoisotopic (exact) mass is 132 g/mol. The molecule has 0 saturated heterocycles. The molecule has 1 atom stereocenters. The molecule has 0 aliphatic rings. The van der Waals surface area contributed by atoms with Gasteiger partial charge in [0.15, 0.2) is 0 Å². The van der Waals surface area contributed by atoms with Crippen molar-refractivity contribution in [2.24, 2.45) is 5.92 Å². The minimum absolute atomic E-state index is 0.439. The predicted octanol–water partition coefficient (Wildman–Crippen LogP) is 2.69. The van der Waals surface area contributed by atoms with E-state index in [2.05, 4.69) is 36.9 Å². The normalized spacial score (nSPS) is 12.8. The molecule has 0 bridgehead atoms. The fourth-order valence-corrected chi connectivity index (χ4v) is 1.52. The largest absolute Gasteiger partial charge is 0.132 e. The first-order chi connectivity index (χ1) is 3.42. The Morgan fingerprint density at radius 1 is 1.38 bits per heavy atom. The zero-order valence-corrected chi connectivity index (χ0v) is 7.52. The van der Waals surface area contributed by atoms with Crippen molar-refractivity contribution in [2.45, 2.75) is 39.3 Å². The van der Waals surface area contributed by atoms with E-state index in [1.807, 2.05) is 0 Å². The van der Waals surface area contributed by atoms with Gasteiger partial charge in [0.25, 0.3) is 0 Å². The second-order valence-corrected chi connectivity index (χ2v) is 5.15. The highest BCUT2D eigenvalue weighted by molar-refractivity contribution is 7.18. The maximum Gasteiger partial charge on any atom is -0.0204 e. The van der Waals surface area contributed by atoms with Crippen molar-refractivity contribution in [2.75, 3.05) is 0 Å². The molecule has 8 heavy (non-hydrogen) atoms. The van der Waals surface area contributed by atoms with Gasteiger partial charge < -0.3 is 0 Å². The third-order valence-corrected chi connectivity index (χ3v) is 1.17. The maximum atomic E-state index is 2.86. The second kappa shape index (κ2) is 2.82. The van der Waals surface area contributed by atoms with Gasteiger partial charge in [0.05, 0.1) is 0 Å². The van der Waals surface area contributed by atoms with Crippen LogP contribution in [0.2, 0.25) is 0 Å². The molecule has 0 rings (SSSR count). The molecule has 0 aromatic heterocycles. The Balaban J connectivity index is 3.39. The molecule has 0 saturated carbocycles. The molecular weight excluding hydrogens is 115 g/mol. The van der Waals surface area contributed by atoms with Gasteiger partial charge in [-0.1, -0.05) is 27.7 Å². The maximum absolute atomic E-state index is 2.86. The lowest BCUT2D eigenvalue weighted by atomic mass is 10.0. The van der Waals surface area contributed by atoms with Crippen LogP contribution in [0.3, 0.4) is 0 Å². The Kier molecular flexibility index (Phi) is 2.98. The van der Waals surface area contributed by atoms with Gasteiger partial charge in [-0.2, -0.15) is 0 Å². The van der Waals surface area contributed by atoms with Crippen LogP contribution < -0.4 is 0 Å². The summed E-state index contributed by atoms with van der Waals surface area (Å²) < 4.78 is 0. The van der Waals surface area contributed by atoms with Crippen molar-refractivity contribution < 1.29 is 0 Å². The van der Waals surface area contributed by atoms with E-state index in [9.17, 15) is 0 Å². The minimum Gasteiger partial charge on any atom is -0.132 e. The summed E-state index contributed by atoms with van der Waals surface area (Å²) in [5.41, 5.74) is 0. The van der Waals surface area contributed by atoms with Crippen molar-refractivity contribution in [1.29, 1.82) is 0 Å². The molecule has 0 fully saturated rings. The number of hydrogen-bond acceptors (Lipinski definition) is 0. The van der Waals surface area contributed by atoms with Gasteiger partial charge in [-0.15, -0.1) is 9.24 Å². The first-order valence-corrected chi connectivity index (χ1v) is 3.78. The smallest absolute Gasteiger partial charge is 0.0204 e. The van der Waals surface area contributed by atoms with E-state index in [4.69, 9.17) is 0 Å². The average Bonchev–Trinajstić information content (AvgIpc) is 1.21. The van der Waals surface area contributed by atoms with Gasteiger partial charge in [-0.05, 0) is 17.5 Å². The first kappa shape index (κ1) is 8.43. The molecule has 1 heteroatoms. The quantitative estimate of drug-likeness (QED) is 0.507. The molecule has 0 spiro atoms. The molecule has 0 amide bonds. The van der Waals surface area contributed by atoms with Gasteiger partial charge in [0.2, 0.25) is 0 Å². The lowest BCUT2D eigenvalue weighted by molar-refractivity contribution is 0.502. The van der Waals surface area contributed by atoms with E-state index in [0.717, 1.165) is 5.92 Å². The van der Waals surface area contributed by atoms with Gasteiger partial charge in [0, 0.05) is 0 Å². The molecule has 0 aromatic rings. The van der Waals surface area contributed by atoms with Crippen molar-refractivity contribution in [3.8, 4) is 0 Å². The van der Waals surface area contributed by atoms with Crippen LogP contribution in [0.4, 0.5) is 0 Å². The lowest BCUT2D eigenvalue weighted by Gasteiger charge is -2.19. The van der Waals surface area contributed by atoms with Crippen molar-refractivity contribution in [3.05, 3.63) is 0 Å². The fourth-order valence-electron chi connectivity index (χ4n) is 1.05. The zero-order chi connectivity index (χ0) is 6.78. The van der Waals surface area contributed by atoms with Crippen LogP contribution >= 0.6 is 9.24 Å². The highest BCUT2D eigenvalue weighted by atomic mass is 31.0. The molecule has 0 heterocycles.